The molecule has 3 atom stereocenters. The van der Waals surface area contributed by atoms with Gasteiger partial charge >= 0.3 is 0 Å². The lowest BCUT2D eigenvalue weighted by atomic mass is 9.66. The highest BCUT2D eigenvalue weighted by atomic mass is 79.9. The Kier molecular flexibility index (Phi) is 5.55. The molecule has 0 aromatic heterocycles. The lowest BCUT2D eigenvalue weighted by Gasteiger charge is -2.37. The fourth-order valence-electron chi connectivity index (χ4n) is 6.42. The molecule has 160 valence electrons. The van der Waals surface area contributed by atoms with Crippen LogP contribution in [0.1, 0.15) is 59.1 Å². The van der Waals surface area contributed by atoms with Crippen molar-refractivity contribution in [2.45, 2.75) is 50.9 Å². The van der Waals surface area contributed by atoms with Crippen molar-refractivity contribution in [2.24, 2.45) is 5.92 Å². The molecule has 0 bridgehead atoms. The molecule has 0 amide bonds. The van der Waals surface area contributed by atoms with Crippen molar-refractivity contribution in [2.75, 3.05) is 7.11 Å². The number of rotatable bonds is 4. The minimum atomic E-state index is 0.0106. The van der Waals surface area contributed by atoms with Gasteiger partial charge in [-0.15, -0.1) is 0 Å². The van der Waals surface area contributed by atoms with Gasteiger partial charge in [-0.3, -0.25) is 0 Å². The number of ether oxygens (including phenoxy) is 1. The van der Waals surface area contributed by atoms with Crippen molar-refractivity contribution in [3.8, 4) is 5.75 Å². The summed E-state index contributed by atoms with van der Waals surface area (Å²) >= 11 is 7.76. The van der Waals surface area contributed by atoms with Crippen LogP contribution in [0.2, 0.25) is 0 Å². The van der Waals surface area contributed by atoms with Crippen molar-refractivity contribution >= 4 is 31.9 Å². The molecular weight excluding hydrogens is 512 g/mol. The first-order valence-electron chi connectivity index (χ1n) is 11.2. The maximum atomic E-state index is 5.99. The molecule has 0 heterocycles. The van der Waals surface area contributed by atoms with Gasteiger partial charge in [-0.05, 0) is 90.5 Å². The van der Waals surface area contributed by atoms with E-state index >= 15 is 0 Å². The third-order valence-electron chi connectivity index (χ3n) is 7.72. The van der Waals surface area contributed by atoms with E-state index < -0.39 is 0 Å². The van der Waals surface area contributed by atoms with E-state index in [0.29, 0.717) is 11.8 Å². The second kappa shape index (κ2) is 8.08. The number of methoxy groups -OCH3 is 1. The molecule has 1 spiro atoms. The van der Waals surface area contributed by atoms with Crippen LogP contribution in [0.25, 0.3) is 0 Å². The van der Waals surface area contributed by atoms with Gasteiger partial charge in [-0.1, -0.05) is 75.2 Å². The predicted octanol–water partition coefficient (Wildman–Crippen LogP) is 8.13. The summed E-state index contributed by atoms with van der Waals surface area (Å²) in [6.45, 7) is 4.68. The van der Waals surface area contributed by atoms with Gasteiger partial charge in [-0.25, -0.2) is 0 Å². The number of benzene rings is 3. The Hall–Kier alpha value is -1.58. The smallest absolute Gasteiger partial charge is 0.123 e. The highest BCUT2D eigenvalue weighted by Crippen LogP contribution is 2.62. The molecule has 0 saturated carbocycles. The maximum Gasteiger partial charge on any atom is 0.123 e. The molecule has 3 heteroatoms. The van der Waals surface area contributed by atoms with Gasteiger partial charge < -0.3 is 4.74 Å². The second-order valence-electron chi connectivity index (χ2n) is 9.24. The van der Waals surface area contributed by atoms with E-state index in [2.05, 4.69) is 100 Å². The van der Waals surface area contributed by atoms with Crippen LogP contribution in [0, 0.1) is 12.8 Å². The predicted molar refractivity (Wildman–Crippen MR) is 135 cm³/mol. The van der Waals surface area contributed by atoms with Gasteiger partial charge in [0.1, 0.15) is 5.75 Å². The Balaban J connectivity index is 1.71. The number of aryl methyl sites for hydroxylation is 1. The summed E-state index contributed by atoms with van der Waals surface area (Å²) in [4.78, 5) is 0. The Bertz CT molecular complexity index is 1140. The summed E-state index contributed by atoms with van der Waals surface area (Å²) in [5, 5.41) is 0. The SMILES string of the molecule is COc1ccc(Br)c2c1[C@@]1(CC2)c2c(C)ccc(Br)c2C[C@@H]1C[C@@H](C)c1ccccc1. The lowest BCUT2D eigenvalue weighted by molar-refractivity contribution is 0.299. The molecule has 5 rings (SSSR count). The summed E-state index contributed by atoms with van der Waals surface area (Å²) in [5.74, 6) is 2.10. The number of hydrogen-bond donors (Lipinski definition) is 0. The standard InChI is InChI=1S/C28H28Br2O/c1-17-9-10-24(30)22-16-20(15-18(2)19-7-5-4-6-8-19)28(26(17)22)14-13-21-23(29)11-12-25(31-3)27(21)28/h4-12,18,20H,13-16H2,1-3H3/t18-,20+,28-/m1/s1. The maximum absolute atomic E-state index is 5.99. The van der Waals surface area contributed by atoms with Crippen LogP contribution < -0.4 is 4.74 Å². The molecular formula is C28H28Br2O. The Morgan fingerprint density at radius 2 is 1.68 bits per heavy atom. The zero-order valence-electron chi connectivity index (χ0n) is 18.3. The summed E-state index contributed by atoms with van der Waals surface area (Å²) in [6, 6.07) is 19.8. The number of hydrogen-bond acceptors (Lipinski definition) is 1. The normalized spacial score (nSPS) is 22.4. The van der Waals surface area contributed by atoms with Crippen molar-refractivity contribution in [1.29, 1.82) is 0 Å². The van der Waals surface area contributed by atoms with E-state index in [4.69, 9.17) is 4.74 Å². The van der Waals surface area contributed by atoms with Gasteiger partial charge in [0.2, 0.25) is 0 Å². The van der Waals surface area contributed by atoms with E-state index in [-0.39, 0.29) is 5.41 Å². The van der Waals surface area contributed by atoms with Crippen LogP contribution in [0.4, 0.5) is 0 Å². The fraction of sp³-hybridized carbons (Fsp3) is 0.357. The Morgan fingerprint density at radius 1 is 0.968 bits per heavy atom. The Morgan fingerprint density at radius 3 is 2.42 bits per heavy atom. The highest BCUT2D eigenvalue weighted by molar-refractivity contribution is 9.10. The summed E-state index contributed by atoms with van der Waals surface area (Å²) < 4.78 is 8.46. The van der Waals surface area contributed by atoms with Gasteiger partial charge in [0.25, 0.3) is 0 Å². The first-order valence-corrected chi connectivity index (χ1v) is 12.7. The van der Waals surface area contributed by atoms with Crippen LogP contribution in [0.5, 0.6) is 5.75 Å². The van der Waals surface area contributed by atoms with E-state index in [1.54, 1.807) is 5.56 Å². The summed E-state index contributed by atoms with van der Waals surface area (Å²) in [7, 11) is 1.82. The van der Waals surface area contributed by atoms with Crippen molar-refractivity contribution < 1.29 is 4.74 Å². The van der Waals surface area contributed by atoms with Crippen LogP contribution >= 0.6 is 31.9 Å². The Labute approximate surface area is 202 Å². The molecule has 0 radical (unpaired) electrons. The monoisotopic (exact) mass is 538 g/mol. The second-order valence-corrected chi connectivity index (χ2v) is 10.9. The zero-order valence-corrected chi connectivity index (χ0v) is 21.5. The minimum absolute atomic E-state index is 0.0106. The van der Waals surface area contributed by atoms with Gasteiger partial charge in [0, 0.05) is 19.9 Å². The zero-order chi connectivity index (χ0) is 21.8. The van der Waals surface area contributed by atoms with E-state index in [1.807, 2.05) is 7.11 Å². The number of fused-ring (bicyclic) bond motifs is 4. The lowest BCUT2D eigenvalue weighted by Crippen LogP contribution is -2.32. The minimum Gasteiger partial charge on any atom is -0.496 e. The van der Waals surface area contributed by atoms with E-state index in [9.17, 15) is 0 Å². The van der Waals surface area contributed by atoms with Crippen LogP contribution in [0.3, 0.4) is 0 Å². The highest BCUT2D eigenvalue weighted by Gasteiger charge is 2.54. The van der Waals surface area contributed by atoms with Crippen molar-refractivity contribution in [3.05, 3.63) is 96.9 Å². The first-order chi connectivity index (χ1) is 15.0. The summed E-state index contributed by atoms with van der Waals surface area (Å²) in [6.07, 6.45) is 4.52. The van der Waals surface area contributed by atoms with Crippen molar-refractivity contribution in [1.82, 2.24) is 0 Å². The van der Waals surface area contributed by atoms with Crippen LogP contribution in [-0.4, -0.2) is 7.11 Å². The number of halogens is 2. The molecule has 0 unspecified atom stereocenters. The average molecular weight is 540 g/mol. The molecule has 0 saturated heterocycles. The topological polar surface area (TPSA) is 9.23 Å². The molecule has 3 aromatic carbocycles. The molecule has 0 N–H and O–H groups in total. The van der Waals surface area contributed by atoms with Gasteiger partial charge in [0.05, 0.1) is 7.11 Å². The summed E-state index contributed by atoms with van der Waals surface area (Å²) in [5.41, 5.74) is 8.75. The van der Waals surface area contributed by atoms with Crippen LogP contribution in [-0.2, 0) is 18.3 Å². The van der Waals surface area contributed by atoms with E-state index in [1.165, 1.54) is 43.2 Å². The van der Waals surface area contributed by atoms with Crippen molar-refractivity contribution in [3.63, 3.8) is 0 Å². The molecule has 2 aliphatic rings. The molecule has 3 aromatic rings. The van der Waals surface area contributed by atoms with Gasteiger partial charge in [0.15, 0.2) is 0 Å². The molecule has 1 nitrogen and oxygen atoms in total. The molecule has 0 fully saturated rings. The van der Waals surface area contributed by atoms with Gasteiger partial charge in [-0.2, -0.15) is 0 Å². The van der Waals surface area contributed by atoms with Crippen LogP contribution in [0.15, 0.2) is 63.5 Å². The molecule has 2 aliphatic carbocycles. The fourth-order valence-corrected chi connectivity index (χ4v) is 7.44. The quantitative estimate of drug-likeness (QED) is 0.325. The average Bonchev–Trinajstić information content (AvgIpc) is 3.33. The first kappa shape index (κ1) is 21.3. The van der Waals surface area contributed by atoms with E-state index in [0.717, 1.165) is 25.0 Å². The molecule has 0 aliphatic heterocycles. The third-order valence-corrected chi connectivity index (χ3v) is 9.20. The molecule has 31 heavy (non-hydrogen) atoms. The third kappa shape index (κ3) is 3.23. The largest absolute Gasteiger partial charge is 0.496 e.